The highest BCUT2D eigenvalue weighted by Gasteiger charge is 2.46. The summed E-state index contributed by atoms with van der Waals surface area (Å²) in [5.41, 5.74) is 5.13. The summed E-state index contributed by atoms with van der Waals surface area (Å²) < 4.78 is 10.8. The van der Waals surface area contributed by atoms with Crippen molar-refractivity contribution in [3.63, 3.8) is 0 Å². The van der Waals surface area contributed by atoms with Gasteiger partial charge in [0.15, 0.2) is 17.5 Å². The first-order chi connectivity index (χ1) is 13.9. The Kier molecular flexibility index (Phi) is 5.04. The molecular formula is C23H27N2O4+. The molecule has 2 amide bonds. The highest BCUT2D eigenvalue weighted by molar-refractivity contribution is 6.22. The topological polar surface area (TPSA) is 60.3 Å². The molecule has 1 N–H and O–H groups in total. The number of quaternary nitrogens is 1. The maximum Gasteiger partial charge on any atom is 0.292 e. The lowest BCUT2D eigenvalue weighted by molar-refractivity contribution is -0.930. The molecule has 2 aliphatic heterocycles. The molecule has 2 heterocycles. The number of aryl methyl sites for hydroxylation is 2. The lowest BCUT2D eigenvalue weighted by Gasteiger charge is -2.30. The van der Waals surface area contributed by atoms with Crippen LogP contribution in [0.2, 0.25) is 0 Å². The Morgan fingerprint density at radius 3 is 2.34 bits per heavy atom. The average molecular weight is 395 g/mol. The van der Waals surface area contributed by atoms with Gasteiger partial charge in [0.05, 0.1) is 32.9 Å². The molecule has 0 bridgehead atoms. The number of hydrogen-bond acceptors (Lipinski definition) is 4. The highest BCUT2D eigenvalue weighted by Crippen LogP contribution is 2.32. The maximum absolute atomic E-state index is 13.2. The zero-order chi connectivity index (χ0) is 20.7. The summed E-state index contributed by atoms with van der Waals surface area (Å²) in [6.07, 6.45) is 1.09. The van der Waals surface area contributed by atoms with Gasteiger partial charge in [-0.3, -0.25) is 9.59 Å². The van der Waals surface area contributed by atoms with E-state index in [-0.39, 0.29) is 24.3 Å². The molecule has 0 aromatic heterocycles. The smallest absolute Gasteiger partial charge is 0.292 e. The first kappa shape index (κ1) is 19.5. The van der Waals surface area contributed by atoms with Crippen LogP contribution < -0.4 is 19.3 Å². The monoisotopic (exact) mass is 395 g/mol. The molecular weight excluding hydrogens is 368 g/mol. The molecule has 1 saturated heterocycles. The Morgan fingerprint density at radius 1 is 1.00 bits per heavy atom. The van der Waals surface area contributed by atoms with E-state index < -0.39 is 0 Å². The second-order valence-electron chi connectivity index (χ2n) is 7.92. The number of rotatable bonds is 4. The summed E-state index contributed by atoms with van der Waals surface area (Å²) >= 11 is 0. The summed E-state index contributed by atoms with van der Waals surface area (Å²) in [6, 6.07) is 9.50. The molecule has 2 atom stereocenters. The normalized spacial score (nSPS) is 21.3. The van der Waals surface area contributed by atoms with Gasteiger partial charge in [-0.05, 0) is 43.2 Å². The van der Waals surface area contributed by atoms with Crippen LogP contribution in [0.25, 0.3) is 0 Å². The lowest BCUT2D eigenvalue weighted by atomic mass is 9.97. The van der Waals surface area contributed by atoms with E-state index in [9.17, 15) is 9.59 Å². The van der Waals surface area contributed by atoms with Gasteiger partial charge in [0.2, 0.25) is 5.91 Å². The number of amides is 2. The van der Waals surface area contributed by atoms with Gasteiger partial charge >= 0.3 is 0 Å². The van der Waals surface area contributed by atoms with Crippen LogP contribution in [0.3, 0.4) is 0 Å². The molecule has 2 aliphatic rings. The number of carbonyl (C=O) groups is 2. The third-order valence-electron chi connectivity index (χ3n) is 6.07. The molecule has 2 aromatic carbocycles. The standard InChI is InChI=1S/C23H26N2O4/c1-14-5-6-18(15(2)9-14)25-22(26)12-19(23(25)27)24-8-7-16-10-20(28-3)21(29-4)11-17(16)13-24/h5-6,9-11,19H,7-8,12-13H2,1-4H3/p+1/t19-/m1/s1. The largest absolute Gasteiger partial charge is 0.493 e. The number of carbonyl (C=O) groups excluding carboxylic acids is 2. The molecule has 1 fully saturated rings. The molecule has 1 unspecified atom stereocenters. The number of fused-ring (bicyclic) bond motifs is 1. The highest BCUT2D eigenvalue weighted by atomic mass is 16.5. The van der Waals surface area contributed by atoms with E-state index in [4.69, 9.17) is 9.47 Å². The summed E-state index contributed by atoms with van der Waals surface area (Å²) in [4.78, 5) is 28.5. The van der Waals surface area contributed by atoms with Crippen molar-refractivity contribution >= 4 is 17.5 Å². The number of imide groups is 1. The average Bonchev–Trinajstić information content (AvgIpc) is 3.00. The zero-order valence-electron chi connectivity index (χ0n) is 17.4. The van der Waals surface area contributed by atoms with E-state index in [0.29, 0.717) is 18.0 Å². The summed E-state index contributed by atoms with van der Waals surface area (Å²) in [5.74, 6) is 1.21. The van der Waals surface area contributed by atoms with Gasteiger partial charge in [-0.25, -0.2) is 4.90 Å². The fraction of sp³-hybridized carbons (Fsp3) is 0.391. The van der Waals surface area contributed by atoms with E-state index in [1.807, 2.05) is 44.2 Å². The van der Waals surface area contributed by atoms with Crippen LogP contribution in [0, 0.1) is 13.8 Å². The number of anilines is 1. The Hall–Kier alpha value is -2.86. The number of ether oxygens (including phenoxy) is 2. The Bertz CT molecular complexity index is 985. The summed E-state index contributed by atoms with van der Waals surface area (Å²) in [6.45, 7) is 5.46. The molecule has 29 heavy (non-hydrogen) atoms. The molecule has 152 valence electrons. The second kappa shape index (κ2) is 7.52. The number of nitrogens with zero attached hydrogens (tertiary/aromatic N) is 1. The molecule has 0 spiro atoms. The van der Waals surface area contributed by atoms with Gasteiger partial charge in [-0.2, -0.15) is 0 Å². The Labute approximate surface area is 171 Å². The van der Waals surface area contributed by atoms with Crippen molar-refractivity contribution in [2.24, 2.45) is 0 Å². The zero-order valence-corrected chi connectivity index (χ0v) is 17.4. The lowest BCUT2D eigenvalue weighted by Crippen LogP contribution is -3.16. The minimum Gasteiger partial charge on any atom is -0.493 e. The van der Waals surface area contributed by atoms with Crippen LogP contribution in [-0.4, -0.2) is 38.6 Å². The van der Waals surface area contributed by atoms with E-state index >= 15 is 0 Å². The second-order valence-corrected chi connectivity index (χ2v) is 7.92. The molecule has 2 aromatic rings. The molecule has 0 aliphatic carbocycles. The molecule has 0 radical (unpaired) electrons. The predicted molar refractivity (Wildman–Crippen MR) is 110 cm³/mol. The van der Waals surface area contributed by atoms with Gasteiger partial charge in [0.25, 0.3) is 5.91 Å². The van der Waals surface area contributed by atoms with Crippen molar-refractivity contribution in [3.8, 4) is 11.5 Å². The van der Waals surface area contributed by atoms with Gasteiger partial charge in [0, 0.05) is 12.0 Å². The quantitative estimate of drug-likeness (QED) is 0.799. The van der Waals surface area contributed by atoms with Crippen molar-refractivity contribution in [2.45, 2.75) is 39.3 Å². The van der Waals surface area contributed by atoms with Crippen molar-refractivity contribution < 1.29 is 24.0 Å². The maximum atomic E-state index is 13.2. The predicted octanol–water partition coefficient (Wildman–Crippen LogP) is 1.59. The Balaban J connectivity index is 1.59. The van der Waals surface area contributed by atoms with E-state index in [2.05, 4.69) is 0 Å². The van der Waals surface area contributed by atoms with Crippen LogP contribution in [0.15, 0.2) is 30.3 Å². The molecule has 6 heteroatoms. The third-order valence-corrected chi connectivity index (χ3v) is 6.07. The van der Waals surface area contributed by atoms with Gasteiger partial charge in [-0.1, -0.05) is 17.7 Å². The van der Waals surface area contributed by atoms with Crippen molar-refractivity contribution in [1.29, 1.82) is 0 Å². The van der Waals surface area contributed by atoms with Crippen molar-refractivity contribution in [2.75, 3.05) is 25.7 Å². The van der Waals surface area contributed by atoms with Crippen LogP contribution >= 0.6 is 0 Å². The summed E-state index contributed by atoms with van der Waals surface area (Å²) in [7, 11) is 3.26. The first-order valence-electron chi connectivity index (χ1n) is 9.95. The van der Waals surface area contributed by atoms with Crippen molar-refractivity contribution in [3.05, 3.63) is 52.6 Å². The third kappa shape index (κ3) is 3.38. The fourth-order valence-electron chi connectivity index (χ4n) is 4.55. The van der Waals surface area contributed by atoms with Crippen LogP contribution in [-0.2, 0) is 22.6 Å². The van der Waals surface area contributed by atoms with Crippen molar-refractivity contribution in [1.82, 2.24) is 0 Å². The number of methoxy groups -OCH3 is 2. The number of benzene rings is 2. The minimum absolute atomic E-state index is 0.0964. The van der Waals surface area contributed by atoms with Crippen LogP contribution in [0.4, 0.5) is 5.69 Å². The van der Waals surface area contributed by atoms with Crippen LogP contribution in [0.5, 0.6) is 11.5 Å². The number of nitrogens with one attached hydrogen (secondary N) is 1. The van der Waals surface area contributed by atoms with Gasteiger partial charge < -0.3 is 14.4 Å². The molecule has 6 nitrogen and oxygen atoms in total. The number of hydrogen-bond donors (Lipinski definition) is 1. The Morgan fingerprint density at radius 2 is 1.69 bits per heavy atom. The molecule has 0 saturated carbocycles. The van der Waals surface area contributed by atoms with E-state index in [0.717, 1.165) is 40.3 Å². The van der Waals surface area contributed by atoms with E-state index in [1.54, 1.807) is 14.2 Å². The first-order valence-corrected chi connectivity index (χ1v) is 9.95. The SMILES string of the molecule is COc1cc2c(cc1OC)C[NH+]([C@@H]1CC(=O)N(c3ccc(C)cc3C)C1=O)CC2. The summed E-state index contributed by atoms with van der Waals surface area (Å²) in [5, 5.41) is 0. The van der Waals surface area contributed by atoms with Gasteiger partial charge in [0.1, 0.15) is 6.54 Å². The molecule has 4 rings (SSSR count). The van der Waals surface area contributed by atoms with Crippen LogP contribution in [0.1, 0.15) is 28.7 Å². The fourth-order valence-corrected chi connectivity index (χ4v) is 4.55. The van der Waals surface area contributed by atoms with Gasteiger partial charge in [-0.15, -0.1) is 0 Å². The minimum atomic E-state index is -0.343. The van der Waals surface area contributed by atoms with E-state index in [1.165, 1.54) is 10.5 Å².